The molecule has 0 radical (unpaired) electrons. The van der Waals surface area contributed by atoms with Crippen molar-refractivity contribution >= 4 is 16.8 Å². The maximum absolute atomic E-state index is 12.7. The number of hydrogen-bond acceptors (Lipinski definition) is 3. The number of H-pyrrole nitrogens is 1. The molecule has 4 rings (SSSR count). The standard InChI is InChI=1S/C24H30N4O/c1-27-11-13-28(14-12-27)21(15-19-7-3-2-4-8-19)18-26-24(29)16-20-17-25-23-10-6-5-9-22(20)23/h2-10,17,21,25H,11-16,18H2,1H3,(H,26,29). The molecule has 1 unspecified atom stereocenters. The summed E-state index contributed by atoms with van der Waals surface area (Å²) in [5, 5.41) is 4.33. The van der Waals surface area contributed by atoms with E-state index in [2.05, 4.69) is 63.5 Å². The second kappa shape index (κ2) is 9.25. The number of fused-ring (bicyclic) bond motifs is 1. The molecular formula is C24H30N4O. The highest BCUT2D eigenvalue weighted by Gasteiger charge is 2.23. The van der Waals surface area contributed by atoms with Crippen molar-refractivity contribution in [1.29, 1.82) is 0 Å². The Morgan fingerprint density at radius 3 is 2.55 bits per heavy atom. The van der Waals surface area contributed by atoms with Crippen LogP contribution in [-0.2, 0) is 17.6 Å². The predicted molar refractivity (Wildman–Crippen MR) is 118 cm³/mol. The number of para-hydroxylation sites is 1. The van der Waals surface area contributed by atoms with Gasteiger partial charge in [-0.05, 0) is 30.7 Å². The van der Waals surface area contributed by atoms with Gasteiger partial charge in [0, 0.05) is 55.9 Å². The molecule has 152 valence electrons. The molecule has 0 spiro atoms. The highest BCUT2D eigenvalue weighted by molar-refractivity contribution is 5.88. The molecule has 1 atom stereocenters. The number of nitrogens with one attached hydrogen (secondary N) is 2. The lowest BCUT2D eigenvalue weighted by molar-refractivity contribution is -0.120. The van der Waals surface area contributed by atoms with E-state index in [4.69, 9.17) is 0 Å². The lowest BCUT2D eigenvalue weighted by Crippen LogP contribution is -2.53. The maximum atomic E-state index is 12.7. The number of rotatable bonds is 7. The Balaban J connectivity index is 1.39. The number of aromatic nitrogens is 1. The van der Waals surface area contributed by atoms with Crippen LogP contribution >= 0.6 is 0 Å². The third-order valence-corrected chi connectivity index (χ3v) is 5.93. The molecule has 1 aromatic heterocycles. The lowest BCUT2D eigenvalue weighted by Gasteiger charge is -2.38. The van der Waals surface area contributed by atoms with Gasteiger partial charge in [0.15, 0.2) is 0 Å². The summed E-state index contributed by atoms with van der Waals surface area (Å²) in [6, 6.07) is 19.0. The zero-order valence-electron chi connectivity index (χ0n) is 17.1. The van der Waals surface area contributed by atoms with Crippen LogP contribution in [0.15, 0.2) is 60.8 Å². The van der Waals surface area contributed by atoms with Crippen molar-refractivity contribution in [3.63, 3.8) is 0 Å². The van der Waals surface area contributed by atoms with Crippen molar-refractivity contribution in [3.8, 4) is 0 Å². The largest absolute Gasteiger partial charge is 0.361 e. The van der Waals surface area contributed by atoms with E-state index >= 15 is 0 Å². The molecule has 2 heterocycles. The van der Waals surface area contributed by atoms with Gasteiger partial charge in [0.1, 0.15) is 0 Å². The molecule has 0 aliphatic carbocycles. The smallest absolute Gasteiger partial charge is 0.224 e. The monoisotopic (exact) mass is 390 g/mol. The average Bonchev–Trinajstić information content (AvgIpc) is 3.15. The van der Waals surface area contributed by atoms with E-state index in [1.807, 2.05) is 24.4 Å². The summed E-state index contributed by atoms with van der Waals surface area (Å²) in [4.78, 5) is 20.8. The summed E-state index contributed by atoms with van der Waals surface area (Å²) in [7, 11) is 2.17. The van der Waals surface area contributed by atoms with Crippen LogP contribution < -0.4 is 5.32 Å². The van der Waals surface area contributed by atoms with Gasteiger partial charge < -0.3 is 15.2 Å². The van der Waals surface area contributed by atoms with E-state index in [0.29, 0.717) is 19.0 Å². The van der Waals surface area contributed by atoms with Gasteiger partial charge in [0.05, 0.1) is 6.42 Å². The van der Waals surface area contributed by atoms with E-state index in [9.17, 15) is 4.79 Å². The van der Waals surface area contributed by atoms with Crippen molar-refractivity contribution in [2.45, 2.75) is 18.9 Å². The van der Waals surface area contributed by atoms with Gasteiger partial charge in [-0.1, -0.05) is 48.5 Å². The highest BCUT2D eigenvalue weighted by atomic mass is 16.1. The van der Waals surface area contributed by atoms with Gasteiger partial charge in [-0.3, -0.25) is 9.69 Å². The summed E-state index contributed by atoms with van der Waals surface area (Å²) in [6.45, 7) is 4.93. The Hall–Kier alpha value is -2.63. The first-order valence-corrected chi connectivity index (χ1v) is 10.5. The van der Waals surface area contributed by atoms with Gasteiger partial charge in [-0.15, -0.1) is 0 Å². The summed E-state index contributed by atoms with van der Waals surface area (Å²) >= 11 is 0. The van der Waals surface area contributed by atoms with Crippen molar-refractivity contribution in [1.82, 2.24) is 20.1 Å². The van der Waals surface area contributed by atoms with Gasteiger partial charge in [0.2, 0.25) is 5.91 Å². The fourth-order valence-corrected chi connectivity index (χ4v) is 4.15. The van der Waals surface area contributed by atoms with Gasteiger partial charge in [-0.25, -0.2) is 0 Å². The zero-order valence-corrected chi connectivity index (χ0v) is 17.1. The van der Waals surface area contributed by atoms with Crippen LogP contribution in [0.4, 0.5) is 0 Å². The molecule has 5 nitrogen and oxygen atoms in total. The second-order valence-electron chi connectivity index (χ2n) is 8.02. The number of hydrogen-bond donors (Lipinski definition) is 2. The number of benzene rings is 2. The SMILES string of the molecule is CN1CCN(C(CNC(=O)Cc2c[nH]c3ccccc23)Cc2ccccc2)CC1. The summed E-state index contributed by atoms with van der Waals surface area (Å²) in [5.74, 6) is 0.0851. The number of carbonyl (C=O) groups excluding carboxylic acids is 1. The molecule has 1 fully saturated rings. The highest BCUT2D eigenvalue weighted by Crippen LogP contribution is 2.18. The molecule has 2 aromatic carbocycles. The third kappa shape index (κ3) is 5.05. The van der Waals surface area contributed by atoms with Crippen LogP contribution in [0, 0.1) is 0 Å². The van der Waals surface area contributed by atoms with Gasteiger partial charge in [0.25, 0.3) is 0 Å². The molecule has 3 aromatic rings. The molecular weight excluding hydrogens is 360 g/mol. The summed E-state index contributed by atoms with van der Waals surface area (Å²) in [6.07, 6.45) is 3.31. The summed E-state index contributed by atoms with van der Waals surface area (Å²) in [5.41, 5.74) is 3.45. The lowest BCUT2D eigenvalue weighted by atomic mass is 10.0. The van der Waals surface area contributed by atoms with E-state index in [1.54, 1.807) is 0 Å². The molecule has 2 N–H and O–H groups in total. The molecule has 1 saturated heterocycles. The summed E-state index contributed by atoms with van der Waals surface area (Å²) < 4.78 is 0. The second-order valence-corrected chi connectivity index (χ2v) is 8.02. The normalized spacial score (nSPS) is 16.7. The van der Waals surface area contributed by atoms with Crippen LogP contribution in [0.2, 0.25) is 0 Å². The van der Waals surface area contributed by atoms with Gasteiger partial charge in [-0.2, -0.15) is 0 Å². The third-order valence-electron chi connectivity index (χ3n) is 5.93. The first-order valence-electron chi connectivity index (χ1n) is 10.5. The minimum Gasteiger partial charge on any atom is -0.361 e. The van der Waals surface area contributed by atoms with Crippen LogP contribution in [0.25, 0.3) is 10.9 Å². The topological polar surface area (TPSA) is 51.4 Å². The van der Waals surface area contributed by atoms with Crippen molar-refractivity contribution in [3.05, 3.63) is 71.9 Å². The minimum atomic E-state index is 0.0851. The molecule has 29 heavy (non-hydrogen) atoms. The number of amides is 1. The van der Waals surface area contributed by atoms with E-state index in [1.165, 1.54) is 5.56 Å². The van der Waals surface area contributed by atoms with Crippen molar-refractivity contribution < 1.29 is 4.79 Å². The van der Waals surface area contributed by atoms with Crippen LogP contribution in [-0.4, -0.2) is 66.5 Å². The molecule has 1 amide bonds. The molecule has 1 aliphatic rings. The van der Waals surface area contributed by atoms with E-state index in [0.717, 1.165) is 49.1 Å². The first-order chi connectivity index (χ1) is 14.2. The number of likely N-dealkylation sites (N-methyl/N-ethyl adjacent to an activating group) is 1. The first kappa shape index (κ1) is 19.7. The Kier molecular flexibility index (Phi) is 6.27. The van der Waals surface area contributed by atoms with E-state index in [-0.39, 0.29) is 5.91 Å². The maximum Gasteiger partial charge on any atom is 0.224 e. The molecule has 0 bridgehead atoms. The molecule has 1 aliphatic heterocycles. The van der Waals surface area contributed by atoms with Crippen LogP contribution in [0.1, 0.15) is 11.1 Å². The number of nitrogens with zero attached hydrogens (tertiary/aromatic N) is 2. The number of piperazine rings is 1. The Bertz CT molecular complexity index is 928. The Morgan fingerprint density at radius 1 is 1.03 bits per heavy atom. The zero-order chi connectivity index (χ0) is 20.1. The fourth-order valence-electron chi connectivity index (χ4n) is 4.15. The van der Waals surface area contributed by atoms with E-state index < -0.39 is 0 Å². The number of aromatic amines is 1. The van der Waals surface area contributed by atoms with Crippen molar-refractivity contribution in [2.24, 2.45) is 0 Å². The van der Waals surface area contributed by atoms with Crippen molar-refractivity contribution in [2.75, 3.05) is 39.8 Å². The Morgan fingerprint density at radius 2 is 1.76 bits per heavy atom. The average molecular weight is 391 g/mol. The van der Waals surface area contributed by atoms with Crippen LogP contribution in [0.5, 0.6) is 0 Å². The molecule has 0 saturated carbocycles. The molecule has 5 heteroatoms. The minimum absolute atomic E-state index is 0.0851. The Labute approximate surface area is 172 Å². The van der Waals surface area contributed by atoms with Gasteiger partial charge >= 0.3 is 0 Å². The quantitative estimate of drug-likeness (QED) is 0.652. The van der Waals surface area contributed by atoms with Crippen LogP contribution in [0.3, 0.4) is 0 Å². The number of carbonyl (C=O) groups is 1. The predicted octanol–water partition coefficient (Wildman–Crippen LogP) is 2.69. The fraction of sp³-hybridized carbons (Fsp3) is 0.375.